The van der Waals surface area contributed by atoms with Crippen molar-refractivity contribution in [3.05, 3.63) is 106 Å². The molecule has 2 aromatic carbocycles. The fourth-order valence-electron chi connectivity index (χ4n) is 11.0. The van der Waals surface area contributed by atoms with Crippen LogP contribution in [0.25, 0.3) is 11.0 Å². The largest absolute Gasteiger partial charge is 0.455 e. The number of morpholine rings is 1. The molecular weight excluding hydrogens is 873 g/mol. The molecule has 1 atom stereocenters. The Morgan fingerprint density at radius 1 is 1.01 bits per heavy atom. The maximum absolute atomic E-state index is 14.0. The number of carbonyl (C=O) groups is 1. The highest BCUT2D eigenvalue weighted by molar-refractivity contribution is 7.90. The minimum Gasteiger partial charge on any atom is -0.455 e. The molecule has 0 bridgehead atoms. The first-order valence-electron chi connectivity index (χ1n) is 23.7. The molecule has 3 aromatic heterocycles. The van der Waals surface area contributed by atoms with E-state index in [2.05, 4.69) is 72.9 Å². The maximum atomic E-state index is 14.0. The van der Waals surface area contributed by atoms with E-state index in [4.69, 9.17) is 9.47 Å². The number of H-pyrrole nitrogens is 1. The normalized spacial score (nSPS) is 24.7. The summed E-state index contributed by atoms with van der Waals surface area (Å²) in [6.07, 6.45) is 13.6. The van der Waals surface area contributed by atoms with Crippen LogP contribution in [-0.4, -0.2) is 94.2 Å². The third-order valence-corrected chi connectivity index (χ3v) is 16.6. The monoisotopic (exact) mass is 932 g/mol. The zero-order chi connectivity index (χ0) is 46.7. The molecule has 1 amide bonds. The molecule has 5 aliphatic rings. The second kappa shape index (κ2) is 17.5. The summed E-state index contributed by atoms with van der Waals surface area (Å²) in [6, 6.07) is 19.3. The average Bonchev–Trinajstić information content (AvgIpc) is 3.88. The number of pyridine rings is 2. The van der Waals surface area contributed by atoms with Gasteiger partial charge in [0.05, 0.1) is 46.7 Å². The van der Waals surface area contributed by atoms with Crippen LogP contribution in [0.5, 0.6) is 11.5 Å². The lowest BCUT2D eigenvalue weighted by atomic mass is 9.59. The number of nitrogens with one attached hydrogen (secondary N) is 3. The lowest BCUT2D eigenvalue weighted by Crippen LogP contribution is -2.59. The van der Waals surface area contributed by atoms with E-state index in [0.717, 1.165) is 101 Å². The molecule has 3 saturated carbocycles. The number of hydrogen-bond donors (Lipinski definition) is 4. The van der Waals surface area contributed by atoms with Crippen LogP contribution in [0.15, 0.2) is 84.1 Å². The van der Waals surface area contributed by atoms with Crippen LogP contribution >= 0.6 is 0 Å². The minimum absolute atomic E-state index is 0.0212. The molecule has 0 radical (unpaired) electrons. The number of carbonyl (C=O) groups excluding carboxylic acids is 1. The van der Waals surface area contributed by atoms with Crippen molar-refractivity contribution < 1.29 is 32.7 Å². The predicted molar refractivity (Wildman–Crippen MR) is 254 cm³/mol. The van der Waals surface area contributed by atoms with Crippen molar-refractivity contribution in [3.8, 4) is 11.5 Å². The van der Waals surface area contributed by atoms with Gasteiger partial charge in [-0.3, -0.25) is 19.8 Å². The first-order valence-corrected chi connectivity index (χ1v) is 25.2. The lowest BCUT2D eigenvalue weighted by Gasteiger charge is -2.58. The Hall–Kier alpha value is -5.62. The van der Waals surface area contributed by atoms with Crippen molar-refractivity contribution in [3.63, 3.8) is 0 Å². The zero-order valence-corrected chi connectivity index (χ0v) is 39.2. The van der Waals surface area contributed by atoms with Gasteiger partial charge < -0.3 is 29.8 Å². The van der Waals surface area contributed by atoms with E-state index in [1.165, 1.54) is 17.3 Å². The molecule has 17 heteroatoms. The molecule has 10 rings (SSSR count). The summed E-state index contributed by atoms with van der Waals surface area (Å²) in [5.41, 5.74) is 3.26. The van der Waals surface area contributed by atoms with Crippen LogP contribution < -0.4 is 19.7 Å². The quantitative estimate of drug-likeness (QED) is 0.0646. The van der Waals surface area contributed by atoms with E-state index >= 15 is 0 Å². The van der Waals surface area contributed by atoms with Crippen molar-refractivity contribution in [1.29, 1.82) is 0 Å². The summed E-state index contributed by atoms with van der Waals surface area (Å²) in [6.45, 7) is 10.1. The number of hydrogen-bond acceptors (Lipinski definition) is 13. The minimum atomic E-state index is -4.64. The van der Waals surface area contributed by atoms with Gasteiger partial charge in [0.2, 0.25) is 5.82 Å². The molecule has 3 aliphatic carbocycles. The second-order valence-corrected chi connectivity index (χ2v) is 22.1. The summed E-state index contributed by atoms with van der Waals surface area (Å²) >= 11 is 0. The van der Waals surface area contributed by atoms with E-state index in [1.807, 2.05) is 12.1 Å². The van der Waals surface area contributed by atoms with E-state index in [1.54, 1.807) is 31.3 Å². The van der Waals surface area contributed by atoms with Gasteiger partial charge in [-0.2, -0.15) is 0 Å². The molecule has 2 saturated heterocycles. The van der Waals surface area contributed by atoms with Gasteiger partial charge in [0.1, 0.15) is 22.0 Å². The summed E-state index contributed by atoms with van der Waals surface area (Å²) < 4.78 is 42.5. The highest BCUT2D eigenvalue weighted by Gasteiger charge is 2.56. The third-order valence-electron chi connectivity index (χ3n) is 15.3. The smallest absolute Gasteiger partial charge is 0.312 e. The average molecular weight is 933 g/mol. The fourth-order valence-corrected chi connectivity index (χ4v) is 11.9. The predicted octanol–water partition coefficient (Wildman–Crippen LogP) is 8.61. The molecule has 5 heterocycles. The van der Waals surface area contributed by atoms with Gasteiger partial charge in [0.25, 0.3) is 15.9 Å². The number of anilines is 2. The standard InChI is InChI=1S/C50H60N8O8S/c1-32(2)39-6-4-5-7-40(39)43-30-65-50(15-16-50)31-57(43)36-25-49(26-36)17-20-56(21-18-49)35-8-9-41(44(23-35)66-37-22-34-12-19-51-45(34)53-28-37)47(59)55-67(63,64)38-24-42(58(61)62)46(54-29-38)52-27-33-10-13-48(3,60)14-11-33/h4-9,12,19,22-24,28-29,32-33,36,43,60H,10-11,13-18,20-21,25-27,30-31H2,1-3H3,(H,51,53)(H,52,54)(H,55,59)/t33?,43-,48?/m1/s1. The van der Waals surface area contributed by atoms with Crippen molar-refractivity contribution in [1.82, 2.24) is 24.6 Å². The number of fused-ring (bicyclic) bond motifs is 1. The van der Waals surface area contributed by atoms with Crippen LogP contribution in [0.2, 0.25) is 0 Å². The Labute approximate surface area is 391 Å². The fraction of sp³-hybridized carbons (Fsp3) is 0.500. The highest BCUT2D eigenvalue weighted by atomic mass is 32.2. The second-order valence-electron chi connectivity index (χ2n) is 20.4. The number of aromatic nitrogens is 3. The number of nitro groups is 1. The number of ether oxygens (including phenoxy) is 2. The van der Waals surface area contributed by atoms with Gasteiger partial charge in [-0.25, -0.2) is 23.1 Å². The number of nitrogens with zero attached hydrogens (tertiary/aromatic N) is 5. The number of rotatable bonds is 13. The maximum Gasteiger partial charge on any atom is 0.312 e. The molecule has 67 heavy (non-hydrogen) atoms. The summed E-state index contributed by atoms with van der Waals surface area (Å²) in [5, 5.41) is 26.3. The van der Waals surface area contributed by atoms with Crippen molar-refractivity contribution in [2.45, 2.75) is 119 Å². The van der Waals surface area contributed by atoms with Crippen LogP contribution in [0.3, 0.4) is 0 Å². The SMILES string of the molecule is CC(C)c1ccccc1[C@H]1COC2(CC2)CN1C1CC2(CCN(c3ccc(C(=O)NS(=O)(=O)c4cnc(NCC5CCC(C)(O)CC5)c([N+](=O)[O-])c4)c(Oc4cnc5[nH]ccc5c4)c3)CC2)C1. The third kappa shape index (κ3) is 9.35. The Morgan fingerprint density at radius 3 is 2.51 bits per heavy atom. The van der Waals surface area contributed by atoms with Crippen molar-refractivity contribution >= 4 is 44.2 Å². The first-order chi connectivity index (χ1) is 32.1. The first kappa shape index (κ1) is 45.2. The van der Waals surface area contributed by atoms with Gasteiger partial charge in [0, 0.05) is 61.6 Å². The number of sulfonamides is 1. The van der Waals surface area contributed by atoms with Gasteiger partial charge >= 0.3 is 5.69 Å². The molecular formula is C50H60N8O8S. The van der Waals surface area contributed by atoms with Gasteiger partial charge in [-0.05, 0) is 124 Å². The lowest BCUT2D eigenvalue weighted by molar-refractivity contribution is -0.384. The number of amides is 1. The van der Waals surface area contributed by atoms with E-state index in [-0.39, 0.29) is 40.1 Å². The molecule has 5 fully saturated rings. The number of aromatic amines is 1. The summed E-state index contributed by atoms with van der Waals surface area (Å²) in [7, 11) is -4.64. The topological polar surface area (TPSA) is 205 Å². The van der Waals surface area contributed by atoms with E-state index in [9.17, 15) is 28.4 Å². The van der Waals surface area contributed by atoms with Crippen molar-refractivity contribution in [2.75, 3.05) is 43.0 Å². The van der Waals surface area contributed by atoms with Crippen molar-refractivity contribution in [2.24, 2.45) is 11.3 Å². The molecule has 16 nitrogen and oxygen atoms in total. The summed E-state index contributed by atoms with van der Waals surface area (Å²) in [5.74, 6) is 0.0331. The molecule has 5 aromatic rings. The van der Waals surface area contributed by atoms with Crippen LogP contribution in [0.4, 0.5) is 17.2 Å². The number of benzene rings is 2. The van der Waals surface area contributed by atoms with E-state index < -0.39 is 37.0 Å². The van der Waals surface area contributed by atoms with Gasteiger partial charge in [0.15, 0.2) is 0 Å². The molecule has 0 unspecified atom stereocenters. The Bertz CT molecular complexity index is 2780. The van der Waals surface area contributed by atoms with Crippen LogP contribution in [0.1, 0.15) is 118 Å². The zero-order valence-electron chi connectivity index (χ0n) is 38.4. The summed E-state index contributed by atoms with van der Waals surface area (Å²) in [4.78, 5) is 41.6. The van der Waals surface area contributed by atoms with Crippen LogP contribution in [0, 0.1) is 21.4 Å². The number of aliphatic hydroxyl groups is 1. The highest BCUT2D eigenvalue weighted by Crippen LogP contribution is 2.56. The van der Waals surface area contributed by atoms with E-state index in [0.29, 0.717) is 42.7 Å². The molecule has 2 spiro atoms. The Morgan fingerprint density at radius 2 is 1.78 bits per heavy atom. The Balaban J connectivity index is 0.842. The van der Waals surface area contributed by atoms with Gasteiger partial charge in [-0.15, -0.1) is 0 Å². The number of piperidine rings is 1. The molecule has 4 N–H and O–H groups in total. The molecule has 354 valence electrons. The Kier molecular flexibility index (Phi) is 11.8. The van der Waals surface area contributed by atoms with Gasteiger partial charge in [-0.1, -0.05) is 38.1 Å². The van der Waals surface area contributed by atoms with Crippen LogP contribution in [-0.2, 0) is 14.8 Å². The molecule has 2 aliphatic heterocycles.